The summed E-state index contributed by atoms with van der Waals surface area (Å²) in [6.07, 6.45) is 4.38. The van der Waals surface area contributed by atoms with E-state index in [4.69, 9.17) is 17.4 Å². The average molecular weight is 649 g/mol. The summed E-state index contributed by atoms with van der Waals surface area (Å²) in [7, 11) is 0. The Labute approximate surface area is 271 Å². The van der Waals surface area contributed by atoms with E-state index in [9.17, 15) is 19.2 Å². The van der Waals surface area contributed by atoms with Gasteiger partial charge in [0, 0.05) is 54.5 Å². The van der Waals surface area contributed by atoms with Crippen LogP contribution >= 0.6 is 24.0 Å². The first-order chi connectivity index (χ1) is 21.7. The van der Waals surface area contributed by atoms with E-state index >= 15 is 0 Å². The second kappa shape index (κ2) is 13.2. The molecule has 2 heterocycles. The molecule has 3 aliphatic rings. The molecule has 1 aromatic heterocycles. The standard InChI is InChI=1S/C32H36N6O5S2/c1-20(27(39)35-30-34-26(19-45-30)21-7-9-22(10-8-21)28(40)33-24-13-14-24)37(32(44)15-17-43-18-16-32)31(42)38(25-5-3-2-4-6-25)36-29(41)23-11-12-23/h2-10,19-20,23-24,44H,11-18H2,1H3,(H,33,40)(H,36,41)(H,34,35,39)/t20-/m0/s1. The van der Waals surface area contributed by atoms with Crippen LogP contribution in [-0.4, -0.2) is 63.8 Å². The summed E-state index contributed by atoms with van der Waals surface area (Å²) >= 11 is 6.22. The molecule has 1 saturated heterocycles. The molecular weight excluding hydrogens is 613 g/mol. The molecule has 3 aromatic rings. The maximum absolute atomic E-state index is 14.4. The number of rotatable bonds is 9. The number of urea groups is 1. The molecule has 0 unspecified atom stereocenters. The van der Waals surface area contributed by atoms with E-state index in [1.807, 2.05) is 23.6 Å². The first kappa shape index (κ1) is 31.1. The van der Waals surface area contributed by atoms with Crippen molar-refractivity contribution in [1.82, 2.24) is 20.6 Å². The predicted octanol–water partition coefficient (Wildman–Crippen LogP) is 4.84. The summed E-state index contributed by atoms with van der Waals surface area (Å²) in [5.41, 5.74) is 5.30. The fourth-order valence-corrected chi connectivity index (χ4v) is 6.34. The number of para-hydroxylation sites is 1. The Balaban J connectivity index is 1.20. The van der Waals surface area contributed by atoms with E-state index in [0.29, 0.717) is 48.1 Å². The van der Waals surface area contributed by atoms with E-state index in [0.717, 1.165) is 31.2 Å². The minimum absolute atomic E-state index is 0.0900. The highest BCUT2D eigenvalue weighted by molar-refractivity contribution is 7.81. The number of hydrazine groups is 1. The van der Waals surface area contributed by atoms with Gasteiger partial charge >= 0.3 is 6.03 Å². The minimum atomic E-state index is -1.01. The number of carbonyl (C=O) groups is 4. The van der Waals surface area contributed by atoms with Crippen LogP contribution in [0.25, 0.3) is 11.3 Å². The normalized spacial score (nSPS) is 17.9. The second-order valence-electron chi connectivity index (χ2n) is 11.7. The third-order valence-corrected chi connectivity index (χ3v) is 9.60. The number of nitrogens with one attached hydrogen (secondary N) is 3. The molecule has 236 valence electrons. The van der Waals surface area contributed by atoms with Gasteiger partial charge in [-0.25, -0.2) is 14.8 Å². The molecule has 0 radical (unpaired) electrons. The molecule has 2 aromatic carbocycles. The molecular formula is C32H36N6O5S2. The molecule has 13 heteroatoms. The van der Waals surface area contributed by atoms with Gasteiger partial charge in [-0.15, -0.1) is 11.3 Å². The van der Waals surface area contributed by atoms with Crippen LogP contribution in [0.15, 0.2) is 60.0 Å². The summed E-state index contributed by atoms with van der Waals surface area (Å²) in [6.45, 7) is 2.39. The van der Waals surface area contributed by atoms with Crippen molar-refractivity contribution in [3.63, 3.8) is 0 Å². The number of benzene rings is 2. The van der Waals surface area contributed by atoms with Gasteiger partial charge in [-0.3, -0.25) is 24.7 Å². The van der Waals surface area contributed by atoms with Gasteiger partial charge in [0.25, 0.3) is 5.91 Å². The Hall–Kier alpha value is -3.94. The highest BCUT2D eigenvalue weighted by atomic mass is 32.1. The average Bonchev–Trinajstić information content (AvgIpc) is 3.99. The van der Waals surface area contributed by atoms with Crippen molar-refractivity contribution in [2.75, 3.05) is 23.5 Å². The van der Waals surface area contributed by atoms with Crippen LogP contribution in [0.4, 0.5) is 15.6 Å². The van der Waals surface area contributed by atoms with Crippen LogP contribution in [0.1, 0.15) is 55.8 Å². The van der Waals surface area contributed by atoms with Gasteiger partial charge in [-0.05, 0) is 56.9 Å². The van der Waals surface area contributed by atoms with Crippen molar-refractivity contribution >= 4 is 58.5 Å². The maximum atomic E-state index is 14.4. The molecule has 3 N–H and O–H groups in total. The van der Waals surface area contributed by atoms with Crippen LogP contribution < -0.4 is 21.1 Å². The zero-order chi connectivity index (χ0) is 31.6. The Morgan fingerprint density at radius 2 is 1.69 bits per heavy atom. The van der Waals surface area contributed by atoms with E-state index in [1.54, 1.807) is 43.3 Å². The van der Waals surface area contributed by atoms with Crippen molar-refractivity contribution in [3.8, 4) is 11.3 Å². The zero-order valence-electron chi connectivity index (χ0n) is 24.9. The maximum Gasteiger partial charge on any atom is 0.345 e. The third kappa shape index (κ3) is 7.32. The van der Waals surface area contributed by atoms with Crippen LogP contribution in [0.3, 0.4) is 0 Å². The van der Waals surface area contributed by atoms with Crippen LogP contribution in [-0.2, 0) is 14.3 Å². The predicted molar refractivity (Wildman–Crippen MR) is 175 cm³/mol. The first-order valence-corrected chi connectivity index (χ1v) is 16.5. The molecule has 2 saturated carbocycles. The number of ether oxygens (including phenoxy) is 1. The van der Waals surface area contributed by atoms with Crippen molar-refractivity contribution in [3.05, 3.63) is 65.5 Å². The lowest BCUT2D eigenvalue weighted by molar-refractivity contribution is -0.122. The lowest BCUT2D eigenvalue weighted by Gasteiger charge is -2.46. The lowest BCUT2D eigenvalue weighted by Crippen LogP contribution is -2.64. The molecule has 11 nitrogen and oxygen atoms in total. The molecule has 6 rings (SSSR count). The fraction of sp³-hybridized carbons (Fsp3) is 0.406. The van der Waals surface area contributed by atoms with Gasteiger partial charge in [0.2, 0.25) is 11.8 Å². The van der Waals surface area contributed by atoms with E-state index in [-0.39, 0.29) is 23.8 Å². The van der Waals surface area contributed by atoms with Gasteiger partial charge in [-0.2, -0.15) is 12.6 Å². The minimum Gasteiger partial charge on any atom is -0.381 e. The monoisotopic (exact) mass is 648 g/mol. The van der Waals surface area contributed by atoms with Gasteiger partial charge in [-0.1, -0.05) is 30.3 Å². The number of nitrogens with zero attached hydrogens (tertiary/aromatic N) is 3. The highest BCUT2D eigenvalue weighted by Crippen LogP contribution is 2.36. The third-order valence-electron chi connectivity index (χ3n) is 8.18. The fourth-order valence-electron chi connectivity index (χ4n) is 5.18. The Bertz CT molecular complexity index is 1550. The number of carbonyl (C=O) groups excluding carboxylic acids is 4. The molecule has 1 aliphatic heterocycles. The topological polar surface area (TPSA) is 133 Å². The van der Waals surface area contributed by atoms with Crippen molar-refractivity contribution in [1.29, 1.82) is 0 Å². The summed E-state index contributed by atoms with van der Waals surface area (Å²) in [5.74, 6) is -0.914. The molecule has 0 spiro atoms. The largest absolute Gasteiger partial charge is 0.381 e. The van der Waals surface area contributed by atoms with Crippen molar-refractivity contribution in [2.45, 2.75) is 62.4 Å². The highest BCUT2D eigenvalue weighted by Gasteiger charge is 2.46. The number of hydrogen-bond donors (Lipinski definition) is 4. The summed E-state index contributed by atoms with van der Waals surface area (Å²) in [5, 5.41) is 9.26. The van der Waals surface area contributed by atoms with Gasteiger partial charge in [0.15, 0.2) is 5.13 Å². The Morgan fingerprint density at radius 1 is 1.00 bits per heavy atom. The lowest BCUT2D eigenvalue weighted by atomic mass is 10.0. The number of anilines is 2. The summed E-state index contributed by atoms with van der Waals surface area (Å²) < 4.78 is 5.56. The van der Waals surface area contributed by atoms with Crippen molar-refractivity contribution < 1.29 is 23.9 Å². The SMILES string of the molecule is C[C@@H](C(=O)Nc1nc(-c2ccc(C(=O)NC3CC3)cc2)cs1)N(C(=O)N(NC(=O)C1CC1)c1ccccc1)C1(S)CCOCC1. The summed E-state index contributed by atoms with van der Waals surface area (Å²) in [4.78, 5) is 58.4. The molecule has 45 heavy (non-hydrogen) atoms. The van der Waals surface area contributed by atoms with Gasteiger partial charge < -0.3 is 15.4 Å². The van der Waals surface area contributed by atoms with Gasteiger partial charge in [0.1, 0.15) is 6.04 Å². The smallest absolute Gasteiger partial charge is 0.345 e. The van der Waals surface area contributed by atoms with Crippen LogP contribution in [0, 0.1) is 5.92 Å². The molecule has 5 amide bonds. The molecule has 3 fully saturated rings. The second-order valence-corrected chi connectivity index (χ2v) is 13.4. The molecule has 1 atom stereocenters. The number of aromatic nitrogens is 1. The number of amides is 5. The van der Waals surface area contributed by atoms with Gasteiger partial charge in [0.05, 0.1) is 16.3 Å². The number of thiol groups is 1. The quantitative estimate of drug-likeness (QED) is 0.149. The van der Waals surface area contributed by atoms with Crippen molar-refractivity contribution in [2.24, 2.45) is 5.92 Å². The van der Waals surface area contributed by atoms with Crippen LogP contribution in [0.5, 0.6) is 0 Å². The molecule has 2 aliphatic carbocycles. The summed E-state index contributed by atoms with van der Waals surface area (Å²) in [6, 6.07) is 14.7. The first-order valence-electron chi connectivity index (χ1n) is 15.2. The van der Waals surface area contributed by atoms with Crippen LogP contribution in [0.2, 0.25) is 0 Å². The van der Waals surface area contributed by atoms with E-state index in [1.165, 1.54) is 21.2 Å². The molecule has 0 bridgehead atoms. The number of thiazole rings is 1. The Kier molecular flexibility index (Phi) is 9.11. The zero-order valence-corrected chi connectivity index (χ0v) is 26.6. The van der Waals surface area contributed by atoms with E-state index in [2.05, 4.69) is 21.0 Å². The number of hydrogen-bond acceptors (Lipinski definition) is 8. The Morgan fingerprint density at radius 3 is 2.33 bits per heavy atom. The van der Waals surface area contributed by atoms with E-state index < -0.39 is 22.9 Å².